The van der Waals surface area contributed by atoms with Gasteiger partial charge in [0.2, 0.25) is 0 Å². The lowest BCUT2D eigenvalue weighted by Gasteiger charge is -2.36. The number of nitrogens with zero attached hydrogens (tertiary/aromatic N) is 2. The van der Waals surface area contributed by atoms with Gasteiger partial charge in [-0.2, -0.15) is 0 Å². The van der Waals surface area contributed by atoms with Crippen LogP contribution >= 0.6 is 0 Å². The van der Waals surface area contributed by atoms with Crippen LogP contribution in [0.25, 0.3) is 0 Å². The fourth-order valence-corrected chi connectivity index (χ4v) is 2.54. The van der Waals surface area contributed by atoms with Gasteiger partial charge in [0.05, 0.1) is 5.69 Å². The number of carbonyl (C=O) groups is 1. The molecule has 0 aliphatic heterocycles. The number of carboxylic acid groups (broad SMARTS) is 1. The molecule has 0 unspecified atom stereocenters. The third-order valence-electron chi connectivity index (χ3n) is 3.84. The molecular formula is C14H26N2O4Si. The van der Waals surface area contributed by atoms with Gasteiger partial charge in [-0.05, 0) is 31.1 Å². The van der Waals surface area contributed by atoms with Gasteiger partial charge in [0.25, 0.3) is 0 Å². The largest absolute Gasteiger partial charge is 0.476 e. The highest BCUT2D eigenvalue weighted by Gasteiger charge is 2.36. The Morgan fingerprint density at radius 3 is 2.48 bits per heavy atom. The Bertz CT molecular complexity index is 492. The standard InChI is InChI=1S/C14H26N2O4Si/c1-11-10-12(13(17)18)15-16(11)19-8-7-9-20-21(5,6)14(2,3)4/h10H,7-9H2,1-6H3,(H,17,18). The molecule has 0 aliphatic carbocycles. The van der Waals surface area contributed by atoms with Crippen LogP contribution in [0.1, 0.15) is 43.4 Å². The highest BCUT2D eigenvalue weighted by Crippen LogP contribution is 2.36. The first-order chi connectivity index (χ1) is 9.54. The molecule has 1 aromatic rings. The summed E-state index contributed by atoms with van der Waals surface area (Å²) in [5.41, 5.74) is 0.655. The van der Waals surface area contributed by atoms with Crippen LogP contribution in [0.3, 0.4) is 0 Å². The van der Waals surface area contributed by atoms with Gasteiger partial charge >= 0.3 is 5.97 Å². The average molecular weight is 314 g/mol. The van der Waals surface area contributed by atoms with Crippen LogP contribution in [0.15, 0.2) is 6.07 Å². The molecule has 1 rings (SSSR count). The monoisotopic (exact) mass is 314 g/mol. The highest BCUT2D eigenvalue weighted by atomic mass is 28.4. The predicted octanol–water partition coefficient (Wildman–Crippen LogP) is 2.73. The summed E-state index contributed by atoms with van der Waals surface area (Å²) in [4.78, 5) is 17.5. The molecule has 0 saturated heterocycles. The summed E-state index contributed by atoms with van der Waals surface area (Å²) < 4.78 is 6.04. The zero-order chi connectivity index (χ0) is 16.3. The van der Waals surface area contributed by atoms with Crippen molar-refractivity contribution >= 4 is 14.3 Å². The van der Waals surface area contributed by atoms with Gasteiger partial charge in [-0.1, -0.05) is 20.8 Å². The normalized spacial score (nSPS) is 12.5. The quantitative estimate of drug-likeness (QED) is 0.619. The van der Waals surface area contributed by atoms with Crippen molar-refractivity contribution in [2.75, 3.05) is 13.2 Å². The van der Waals surface area contributed by atoms with Crippen molar-refractivity contribution in [3.8, 4) is 0 Å². The minimum atomic E-state index is -1.71. The van der Waals surface area contributed by atoms with Crippen LogP contribution < -0.4 is 4.84 Å². The van der Waals surface area contributed by atoms with Gasteiger partial charge in [-0.25, -0.2) is 4.79 Å². The van der Waals surface area contributed by atoms with Gasteiger partial charge in [0, 0.05) is 13.0 Å². The van der Waals surface area contributed by atoms with Gasteiger partial charge in [-0.3, -0.25) is 0 Å². The highest BCUT2D eigenvalue weighted by molar-refractivity contribution is 6.74. The fraction of sp³-hybridized carbons (Fsp3) is 0.714. The zero-order valence-corrected chi connectivity index (χ0v) is 14.8. The lowest BCUT2D eigenvalue weighted by atomic mass is 10.2. The van der Waals surface area contributed by atoms with E-state index in [-0.39, 0.29) is 10.7 Å². The van der Waals surface area contributed by atoms with Crippen molar-refractivity contribution in [2.45, 2.75) is 52.2 Å². The number of aromatic carboxylic acids is 1. The second kappa shape index (κ2) is 6.61. The molecule has 0 atom stereocenters. The van der Waals surface area contributed by atoms with E-state index >= 15 is 0 Å². The molecule has 0 amide bonds. The van der Waals surface area contributed by atoms with E-state index in [1.165, 1.54) is 10.9 Å². The maximum Gasteiger partial charge on any atom is 0.356 e. The van der Waals surface area contributed by atoms with Crippen LogP contribution in [0.4, 0.5) is 0 Å². The molecule has 6 nitrogen and oxygen atoms in total. The molecule has 1 N–H and O–H groups in total. The van der Waals surface area contributed by atoms with Crippen molar-refractivity contribution in [1.29, 1.82) is 0 Å². The first-order valence-corrected chi connectivity index (χ1v) is 10.0. The Labute approximate surface area is 127 Å². The smallest absolute Gasteiger partial charge is 0.356 e. The molecule has 0 aromatic carbocycles. The second-order valence-corrected chi connectivity index (χ2v) is 11.5. The van der Waals surface area contributed by atoms with Crippen LogP contribution in [-0.2, 0) is 4.43 Å². The number of rotatable bonds is 7. The van der Waals surface area contributed by atoms with E-state index in [9.17, 15) is 4.79 Å². The summed E-state index contributed by atoms with van der Waals surface area (Å²) in [5.74, 6) is -1.05. The first-order valence-electron chi connectivity index (χ1n) is 7.12. The van der Waals surface area contributed by atoms with Crippen LogP contribution in [0.2, 0.25) is 18.1 Å². The van der Waals surface area contributed by atoms with Gasteiger partial charge in [0.1, 0.15) is 6.61 Å². The van der Waals surface area contributed by atoms with Gasteiger partial charge < -0.3 is 14.4 Å². The van der Waals surface area contributed by atoms with Crippen molar-refractivity contribution < 1.29 is 19.2 Å². The van der Waals surface area contributed by atoms with E-state index in [0.29, 0.717) is 18.9 Å². The van der Waals surface area contributed by atoms with E-state index < -0.39 is 14.3 Å². The molecule has 0 spiro atoms. The summed E-state index contributed by atoms with van der Waals surface area (Å²) in [5, 5.41) is 12.9. The average Bonchev–Trinajstić information content (AvgIpc) is 2.69. The van der Waals surface area contributed by atoms with E-state index in [1.807, 2.05) is 0 Å². The summed E-state index contributed by atoms with van der Waals surface area (Å²) in [6.45, 7) is 13.9. The molecule has 1 heterocycles. The van der Waals surface area contributed by atoms with E-state index in [4.69, 9.17) is 14.4 Å². The van der Waals surface area contributed by atoms with Crippen LogP contribution in [0.5, 0.6) is 0 Å². The molecule has 0 bridgehead atoms. The number of hydrogen-bond donors (Lipinski definition) is 1. The molecule has 21 heavy (non-hydrogen) atoms. The van der Waals surface area contributed by atoms with Gasteiger partial charge in [-0.15, -0.1) is 9.94 Å². The lowest BCUT2D eigenvalue weighted by Crippen LogP contribution is -2.41. The van der Waals surface area contributed by atoms with E-state index in [0.717, 1.165) is 6.42 Å². The molecule has 0 fully saturated rings. The van der Waals surface area contributed by atoms with Crippen LogP contribution in [-0.4, -0.2) is 42.6 Å². The summed E-state index contributed by atoms with van der Waals surface area (Å²) >= 11 is 0. The maximum atomic E-state index is 10.8. The summed E-state index contributed by atoms with van der Waals surface area (Å²) in [7, 11) is -1.71. The Hall–Kier alpha value is -1.34. The fourth-order valence-electron chi connectivity index (χ4n) is 1.45. The van der Waals surface area contributed by atoms with Crippen molar-refractivity contribution in [3.63, 3.8) is 0 Å². The van der Waals surface area contributed by atoms with Crippen molar-refractivity contribution in [1.82, 2.24) is 9.94 Å². The minimum Gasteiger partial charge on any atom is -0.476 e. The number of aryl methyl sites for hydroxylation is 1. The molecule has 0 radical (unpaired) electrons. The molecule has 0 saturated carbocycles. The third-order valence-corrected chi connectivity index (χ3v) is 8.37. The molecule has 0 aliphatic rings. The Morgan fingerprint density at radius 2 is 2.00 bits per heavy atom. The zero-order valence-electron chi connectivity index (χ0n) is 13.8. The van der Waals surface area contributed by atoms with Crippen molar-refractivity contribution in [2.24, 2.45) is 0 Å². The van der Waals surface area contributed by atoms with E-state index in [1.54, 1.807) is 6.92 Å². The lowest BCUT2D eigenvalue weighted by molar-refractivity contribution is 0.0601. The molecule has 1 aromatic heterocycles. The van der Waals surface area contributed by atoms with Crippen molar-refractivity contribution in [3.05, 3.63) is 17.5 Å². The maximum absolute atomic E-state index is 10.8. The third kappa shape index (κ3) is 4.85. The molecule has 120 valence electrons. The molecular weight excluding hydrogens is 288 g/mol. The predicted molar refractivity (Wildman–Crippen MR) is 83.1 cm³/mol. The topological polar surface area (TPSA) is 73.6 Å². The Balaban J connectivity index is 2.37. The number of aromatic nitrogens is 2. The summed E-state index contributed by atoms with van der Waals surface area (Å²) in [6, 6.07) is 1.48. The van der Waals surface area contributed by atoms with Gasteiger partial charge in [0.15, 0.2) is 14.0 Å². The Morgan fingerprint density at radius 1 is 1.38 bits per heavy atom. The number of hydrogen-bond acceptors (Lipinski definition) is 4. The SMILES string of the molecule is Cc1cc(C(=O)O)nn1OCCCO[Si](C)(C)C(C)(C)C. The minimum absolute atomic E-state index is 0.00924. The molecule has 7 heteroatoms. The first kappa shape index (κ1) is 17.7. The number of carboxylic acids is 1. The summed E-state index contributed by atoms with van der Waals surface area (Å²) in [6.07, 6.45) is 0.744. The van der Waals surface area contributed by atoms with E-state index in [2.05, 4.69) is 39.0 Å². The van der Waals surface area contributed by atoms with Crippen LogP contribution in [0, 0.1) is 6.92 Å². The Kier molecular flexibility index (Phi) is 5.58. The second-order valence-electron chi connectivity index (χ2n) is 6.64.